The van der Waals surface area contributed by atoms with Gasteiger partial charge in [-0.25, -0.2) is 0 Å². The van der Waals surface area contributed by atoms with Crippen molar-refractivity contribution in [2.75, 3.05) is 5.88 Å². The number of allylic oxidation sites excluding steroid dienone is 1. The third kappa shape index (κ3) is 2.54. The Morgan fingerprint density at radius 1 is 1.42 bits per heavy atom. The van der Waals surface area contributed by atoms with Gasteiger partial charge < -0.3 is 0 Å². The van der Waals surface area contributed by atoms with Crippen LogP contribution >= 0.6 is 23.2 Å². The van der Waals surface area contributed by atoms with Crippen molar-refractivity contribution in [2.45, 2.75) is 6.92 Å². The fraction of sp³-hybridized carbons (Fsp3) is 0.200. The lowest BCUT2D eigenvalue weighted by molar-refractivity contribution is 1.44. The Hall–Kier alpha value is -0.460. The maximum absolute atomic E-state index is 5.80. The van der Waals surface area contributed by atoms with E-state index in [1.165, 1.54) is 11.1 Å². The summed E-state index contributed by atoms with van der Waals surface area (Å²) in [5, 5.41) is 0.774. The minimum atomic E-state index is 0.544. The Labute approximate surface area is 82.8 Å². The highest BCUT2D eigenvalue weighted by atomic mass is 35.5. The number of aryl methyl sites for hydroxylation is 1. The van der Waals surface area contributed by atoms with E-state index in [0.29, 0.717) is 5.88 Å². The van der Waals surface area contributed by atoms with E-state index in [9.17, 15) is 0 Å². The molecule has 0 aliphatic rings. The first-order valence-electron chi connectivity index (χ1n) is 3.72. The zero-order valence-corrected chi connectivity index (χ0v) is 8.36. The highest BCUT2D eigenvalue weighted by Gasteiger charge is 1.93. The molecule has 0 amide bonds. The molecule has 64 valence electrons. The van der Waals surface area contributed by atoms with Gasteiger partial charge in [-0.3, -0.25) is 0 Å². The fourth-order valence-electron chi connectivity index (χ4n) is 0.998. The topological polar surface area (TPSA) is 0 Å². The van der Waals surface area contributed by atoms with E-state index in [2.05, 4.69) is 0 Å². The molecule has 0 saturated heterocycles. The third-order valence-corrected chi connectivity index (χ3v) is 2.03. The molecule has 0 fully saturated rings. The summed E-state index contributed by atoms with van der Waals surface area (Å²) >= 11 is 11.3. The van der Waals surface area contributed by atoms with Gasteiger partial charge >= 0.3 is 0 Å². The largest absolute Gasteiger partial charge is 0.122 e. The number of benzene rings is 1. The van der Waals surface area contributed by atoms with Crippen LogP contribution in [0.25, 0.3) is 6.08 Å². The summed E-state index contributed by atoms with van der Waals surface area (Å²) in [5.41, 5.74) is 2.34. The first kappa shape index (κ1) is 9.63. The van der Waals surface area contributed by atoms with Gasteiger partial charge in [-0.15, -0.1) is 11.6 Å². The predicted octanol–water partition coefficient (Wildman–Crippen LogP) is 3.90. The second-order valence-corrected chi connectivity index (χ2v) is 3.30. The normalized spacial score (nSPS) is 10.9. The van der Waals surface area contributed by atoms with E-state index in [0.717, 1.165) is 5.02 Å². The molecule has 0 aliphatic heterocycles. The Kier molecular flexibility index (Phi) is 3.64. The Morgan fingerprint density at radius 3 is 2.75 bits per heavy atom. The van der Waals surface area contributed by atoms with E-state index in [-0.39, 0.29) is 0 Å². The first-order valence-corrected chi connectivity index (χ1v) is 4.64. The van der Waals surface area contributed by atoms with Gasteiger partial charge in [-0.05, 0) is 30.2 Å². The molecular weight excluding hydrogens is 191 g/mol. The van der Waals surface area contributed by atoms with Gasteiger partial charge in [0.1, 0.15) is 0 Å². The Balaban J connectivity index is 2.94. The van der Waals surface area contributed by atoms with Crippen molar-refractivity contribution >= 4 is 29.3 Å². The van der Waals surface area contributed by atoms with Crippen molar-refractivity contribution in [1.82, 2.24) is 0 Å². The number of halogens is 2. The molecule has 12 heavy (non-hydrogen) atoms. The van der Waals surface area contributed by atoms with Gasteiger partial charge in [-0.1, -0.05) is 29.8 Å². The smallest absolute Gasteiger partial charge is 0.0409 e. The van der Waals surface area contributed by atoms with E-state index in [1.54, 1.807) is 0 Å². The van der Waals surface area contributed by atoms with Crippen molar-refractivity contribution in [1.29, 1.82) is 0 Å². The van der Waals surface area contributed by atoms with Crippen LogP contribution in [0.5, 0.6) is 0 Å². The summed E-state index contributed by atoms with van der Waals surface area (Å²) < 4.78 is 0. The zero-order chi connectivity index (χ0) is 8.97. The second kappa shape index (κ2) is 4.54. The van der Waals surface area contributed by atoms with E-state index in [4.69, 9.17) is 23.2 Å². The summed E-state index contributed by atoms with van der Waals surface area (Å²) in [6.45, 7) is 2.03. The van der Waals surface area contributed by atoms with Crippen molar-refractivity contribution in [2.24, 2.45) is 0 Å². The van der Waals surface area contributed by atoms with Gasteiger partial charge in [0.05, 0.1) is 0 Å². The quantitative estimate of drug-likeness (QED) is 0.636. The molecule has 1 aromatic carbocycles. The van der Waals surface area contributed by atoms with Gasteiger partial charge in [0.25, 0.3) is 0 Å². The standard InChI is InChI=1S/C10H10Cl2/c1-8-7-10(12)5-4-9(8)3-2-6-11/h2-5,7H,6H2,1H3. The summed E-state index contributed by atoms with van der Waals surface area (Å²) in [6.07, 6.45) is 3.91. The first-order chi connectivity index (χ1) is 5.74. The summed E-state index contributed by atoms with van der Waals surface area (Å²) in [4.78, 5) is 0. The van der Waals surface area contributed by atoms with Gasteiger partial charge in [0.2, 0.25) is 0 Å². The molecule has 0 atom stereocenters. The highest BCUT2D eigenvalue weighted by molar-refractivity contribution is 6.30. The van der Waals surface area contributed by atoms with E-state index >= 15 is 0 Å². The molecule has 1 aromatic rings. The average molecular weight is 201 g/mol. The van der Waals surface area contributed by atoms with Crippen molar-refractivity contribution in [3.63, 3.8) is 0 Å². The fourth-order valence-corrected chi connectivity index (χ4v) is 1.31. The monoisotopic (exact) mass is 200 g/mol. The molecular formula is C10H10Cl2. The zero-order valence-electron chi connectivity index (χ0n) is 6.85. The van der Waals surface area contributed by atoms with Crippen LogP contribution in [-0.2, 0) is 0 Å². The van der Waals surface area contributed by atoms with Crippen molar-refractivity contribution in [3.8, 4) is 0 Å². The molecule has 0 unspecified atom stereocenters. The van der Waals surface area contributed by atoms with Crippen LogP contribution in [0.4, 0.5) is 0 Å². The van der Waals surface area contributed by atoms with Gasteiger partial charge in [-0.2, -0.15) is 0 Å². The molecule has 0 N–H and O–H groups in total. The summed E-state index contributed by atoms with van der Waals surface area (Å²) in [5.74, 6) is 0.544. The Morgan fingerprint density at radius 2 is 2.17 bits per heavy atom. The lowest BCUT2D eigenvalue weighted by atomic mass is 10.1. The second-order valence-electron chi connectivity index (χ2n) is 2.56. The van der Waals surface area contributed by atoms with Crippen LogP contribution < -0.4 is 0 Å². The van der Waals surface area contributed by atoms with Crippen molar-refractivity contribution in [3.05, 3.63) is 40.4 Å². The van der Waals surface area contributed by atoms with Crippen LogP contribution in [0.1, 0.15) is 11.1 Å². The van der Waals surface area contributed by atoms with Crippen LogP contribution in [0.15, 0.2) is 24.3 Å². The molecule has 1 rings (SSSR count). The Bertz CT molecular complexity index is 290. The predicted molar refractivity (Wildman–Crippen MR) is 55.9 cm³/mol. The lowest BCUT2D eigenvalue weighted by Crippen LogP contribution is -1.79. The molecule has 0 radical (unpaired) electrons. The number of rotatable bonds is 2. The molecule has 0 aliphatic carbocycles. The molecule has 0 nitrogen and oxygen atoms in total. The molecule has 0 saturated carbocycles. The van der Waals surface area contributed by atoms with Crippen LogP contribution in [0.2, 0.25) is 5.02 Å². The van der Waals surface area contributed by atoms with Crippen molar-refractivity contribution < 1.29 is 0 Å². The highest BCUT2D eigenvalue weighted by Crippen LogP contribution is 2.16. The minimum Gasteiger partial charge on any atom is -0.122 e. The average Bonchev–Trinajstić information content (AvgIpc) is 2.03. The SMILES string of the molecule is Cc1cc(Cl)ccc1C=CCCl. The third-order valence-electron chi connectivity index (χ3n) is 1.62. The minimum absolute atomic E-state index is 0.544. The summed E-state index contributed by atoms with van der Waals surface area (Å²) in [7, 11) is 0. The lowest BCUT2D eigenvalue weighted by Gasteiger charge is -1.99. The van der Waals surface area contributed by atoms with Crippen LogP contribution in [-0.4, -0.2) is 5.88 Å². The number of hydrogen-bond donors (Lipinski definition) is 0. The number of hydrogen-bond acceptors (Lipinski definition) is 0. The van der Waals surface area contributed by atoms with Gasteiger partial charge in [0, 0.05) is 10.9 Å². The van der Waals surface area contributed by atoms with Crippen LogP contribution in [0.3, 0.4) is 0 Å². The van der Waals surface area contributed by atoms with Crippen LogP contribution in [0, 0.1) is 6.92 Å². The molecule has 0 bridgehead atoms. The molecule has 0 spiro atoms. The van der Waals surface area contributed by atoms with E-state index in [1.807, 2.05) is 37.3 Å². The molecule has 0 aromatic heterocycles. The molecule has 0 heterocycles. The van der Waals surface area contributed by atoms with E-state index < -0.39 is 0 Å². The number of alkyl halides is 1. The van der Waals surface area contributed by atoms with Gasteiger partial charge in [0.15, 0.2) is 0 Å². The maximum atomic E-state index is 5.80. The molecule has 2 heteroatoms. The maximum Gasteiger partial charge on any atom is 0.0409 e. The summed E-state index contributed by atoms with van der Waals surface area (Å²) in [6, 6.07) is 5.80.